The van der Waals surface area contributed by atoms with Gasteiger partial charge in [0.1, 0.15) is 5.38 Å². The van der Waals surface area contributed by atoms with Crippen LogP contribution in [0.5, 0.6) is 0 Å². The molecule has 0 spiro atoms. The zero-order valence-electron chi connectivity index (χ0n) is 8.58. The molecule has 1 aliphatic rings. The third-order valence-electron chi connectivity index (χ3n) is 2.28. The third kappa shape index (κ3) is 5.43. The first-order valence-corrected chi connectivity index (χ1v) is 5.46. The fourth-order valence-corrected chi connectivity index (χ4v) is 1.40. The van der Waals surface area contributed by atoms with Crippen molar-refractivity contribution in [2.75, 3.05) is 33.4 Å². The van der Waals surface area contributed by atoms with Crippen LogP contribution in [0.3, 0.4) is 0 Å². The Morgan fingerprint density at radius 1 is 1.64 bits per heavy atom. The van der Waals surface area contributed by atoms with Gasteiger partial charge in [-0.3, -0.25) is 0 Å². The molecule has 0 saturated heterocycles. The highest BCUT2D eigenvalue weighted by Gasteiger charge is 2.20. The number of nitrogens with zero attached hydrogens (tertiary/aromatic N) is 2. The van der Waals surface area contributed by atoms with Gasteiger partial charge in [-0.25, -0.2) is 0 Å². The molecule has 0 aromatic heterocycles. The molecule has 0 aromatic rings. The summed E-state index contributed by atoms with van der Waals surface area (Å²) in [5.74, 6) is 0.820. The minimum Gasteiger partial charge on any atom is -0.380 e. The molecule has 14 heavy (non-hydrogen) atoms. The predicted octanol–water partition coefficient (Wildman–Crippen LogP) is 1.48. The molecule has 0 N–H and O–H groups in total. The molecule has 0 radical (unpaired) electrons. The summed E-state index contributed by atoms with van der Waals surface area (Å²) < 4.78 is 5.48. The van der Waals surface area contributed by atoms with Crippen molar-refractivity contribution in [1.82, 2.24) is 4.90 Å². The monoisotopic (exact) mass is 216 g/mol. The van der Waals surface area contributed by atoms with Gasteiger partial charge in [-0.05, 0) is 25.8 Å². The molecular weight excluding hydrogens is 200 g/mol. The Balaban J connectivity index is 1.91. The average molecular weight is 217 g/mol. The zero-order chi connectivity index (χ0) is 10.4. The van der Waals surface area contributed by atoms with E-state index in [0.29, 0.717) is 6.54 Å². The Kier molecular flexibility index (Phi) is 5.24. The van der Waals surface area contributed by atoms with Gasteiger partial charge in [-0.15, -0.1) is 11.6 Å². The van der Waals surface area contributed by atoms with Gasteiger partial charge < -0.3 is 9.64 Å². The summed E-state index contributed by atoms with van der Waals surface area (Å²) >= 11 is 5.69. The van der Waals surface area contributed by atoms with Gasteiger partial charge in [0, 0.05) is 19.7 Å². The number of nitriles is 1. The van der Waals surface area contributed by atoms with Gasteiger partial charge in [-0.2, -0.15) is 5.26 Å². The second-order valence-corrected chi connectivity index (χ2v) is 4.40. The first-order valence-electron chi connectivity index (χ1n) is 5.02. The van der Waals surface area contributed by atoms with Crippen LogP contribution in [0.2, 0.25) is 0 Å². The number of hydrogen-bond acceptors (Lipinski definition) is 3. The van der Waals surface area contributed by atoms with Gasteiger partial charge in [0.05, 0.1) is 12.7 Å². The van der Waals surface area contributed by atoms with Crippen molar-refractivity contribution in [3.8, 4) is 6.07 Å². The largest absolute Gasteiger partial charge is 0.380 e. The fraction of sp³-hybridized carbons (Fsp3) is 0.900. The van der Waals surface area contributed by atoms with Crippen molar-refractivity contribution in [3.63, 3.8) is 0 Å². The Morgan fingerprint density at radius 3 is 2.93 bits per heavy atom. The molecule has 1 atom stereocenters. The lowest BCUT2D eigenvalue weighted by atomic mass is 10.4. The maximum atomic E-state index is 8.50. The molecule has 1 saturated carbocycles. The van der Waals surface area contributed by atoms with E-state index in [2.05, 4.69) is 0 Å². The van der Waals surface area contributed by atoms with E-state index >= 15 is 0 Å². The topological polar surface area (TPSA) is 36.3 Å². The molecule has 4 heteroatoms. The molecule has 1 aliphatic carbocycles. The molecule has 0 bridgehead atoms. The van der Waals surface area contributed by atoms with Crippen molar-refractivity contribution in [2.45, 2.75) is 18.2 Å². The number of alkyl halides is 1. The summed E-state index contributed by atoms with van der Waals surface area (Å²) in [5.41, 5.74) is 0. The molecule has 0 aromatic carbocycles. The SMILES string of the molecule is CN(CCOCC1CC1)CC(Cl)C#N. The van der Waals surface area contributed by atoms with Gasteiger partial charge >= 0.3 is 0 Å². The second kappa shape index (κ2) is 6.23. The van der Waals surface area contributed by atoms with Gasteiger partial charge in [-0.1, -0.05) is 0 Å². The molecule has 1 fully saturated rings. The van der Waals surface area contributed by atoms with E-state index in [9.17, 15) is 0 Å². The lowest BCUT2D eigenvalue weighted by molar-refractivity contribution is 0.104. The highest BCUT2D eigenvalue weighted by atomic mass is 35.5. The standard InChI is InChI=1S/C10H17ClN2O/c1-13(7-10(11)6-12)4-5-14-8-9-2-3-9/h9-10H,2-5,7-8H2,1H3. The second-order valence-electron chi connectivity index (χ2n) is 3.88. The van der Waals surface area contributed by atoms with Crippen LogP contribution in [0.15, 0.2) is 0 Å². The number of likely N-dealkylation sites (N-methyl/N-ethyl adjacent to an activating group) is 1. The molecule has 3 nitrogen and oxygen atoms in total. The summed E-state index contributed by atoms with van der Waals surface area (Å²) in [4.78, 5) is 2.02. The van der Waals surface area contributed by atoms with Crippen LogP contribution in [-0.4, -0.2) is 43.6 Å². The van der Waals surface area contributed by atoms with E-state index in [1.54, 1.807) is 0 Å². The first kappa shape index (κ1) is 11.8. The molecule has 1 unspecified atom stereocenters. The molecule has 80 valence electrons. The van der Waals surface area contributed by atoms with Crippen molar-refractivity contribution in [1.29, 1.82) is 5.26 Å². The maximum absolute atomic E-state index is 8.50. The lowest BCUT2D eigenvalue weighted by Gasteiger charge is -2.16. The Labute approximate surface area is 90.6 Å². The number of rotatable bonds is 7. The van der Waals surface area contributed by atoms with Crippen molar-refractivity contribution in [3.05, 3.63) is 0 Å². The van der Waals surface area contributed by atoms with Crippen LogP contribution in [0, 0.1) is 17.2 Å². The number of halogens is 1. The van der Waals surface area contributed by atoms with E-state index in [-0.39, 0.29) is 0 Å². The number of hydrogen-bond donors (Lipinski definition) is 0. The highest BCUT2D eigenvalue weighted by Crippen LogP contribution is 2.28. The smallest absolute Gasteiger partial charge is 0.133 e. The average Bonchev–Trinajstić information content (AvgIpc) is 2.96. The summed E-state index contributed by atoms with van der Waals surface area (Å²) in [6.45, 7) is 3.08. The summed E-state index contributed by atoms with van der Waals surface area (Å²) in [7, 11) is 1.95. The first-order chi connectivity index (χ1) is 6.72. The van der Waals surface area contributed by atoms with Crippen LogP contribution in [-0.2, 0) is 4.74 Å². The minimum absolute atomic E-state index is 0.413. The molecule has 0 aliphatic heterocycles. The van der Waals surface area contributed by atoms with Crippen molar-refractivity contribution < 1.29 is 4.74 Å². The van der Waals surface area contributed by atoms with Gasteiger partial charge in [0.25, 0.3) is 0 Å². The van der Waals surface area contributed by atoms with Crippen LogP contribution in [0.4, 0.5) is 0 Å². The quantitative estimate of drug-likeness (QED) is 0.478. The third-order valence-corrected chi connectivity index (χ3v) is 2.52. The van der Waals surface area contributed by atoms with E-state index in [1.165, 1.54) is 12.8 Å². The Bertz CT molecular complexity index is 201. The van der Waals surface area contributed by atoms with E-state index in [0.717, 1.165) is 25.7 Å². The minimum atomic E-state index is -0.413. The van der Waals surface area contributed by atoms with Crippen LogP contribution in [0.1, 0.15) is 12.8 Å². The molecule has 0 amide bonds. The van der Waals surface area contributed by atoms with Crippen molar-refractivity contribution in [2.24, 2.45) is 5.92 Å². The van der Waals surface area contributed by atoms with E-state index < -0.39 is 5.38 Å². The van der Waals surface area contributed by atoms with Crippen molar-refractivity contribution >= 4 is 11.6 Å². The number of ether oxygens (including phenoxy) is 1. The molecule has 1 rings (SSSR count). The summed E-state index contributed by atoms with van der Waals surface area (Å²) in [5, 5.41) is 8.08. The summed E-state index contributed by atoms with van der Waals surface area (Å²) in [6, 6.07) is 2.00. The normalized spacial score (nSPS) is 18.1. The maximum Gasteiger partial charge on any atom is 0.133 e. The van der Waals surface area contributed by atoms with E-state index in [1.807, 2.05) is 18.0 Å². The van der Waals surface area contributed by atoms with Gasteiger partial charge in [0.15, 0.2) is 0 Å². The lowest BCUT2D eigenvalue weighted by Crippen LogP contribution is -2.29. The van der Waals surface area contributed by atoms with Gasteiger partial charge in [0.2, 0.25) is 0 Å². The fourth-order valence-electron chi connectivity index (χ4n) is 1.16. The summed E-state index contributed by atoms with van der Waals surface area (Å²) in [6.07, 6.45) is 2.65. The predicted molar refractivity (Wildman–Crippen MR) is 56.3 cm³/mol. The molecular formula is C10H17ClN2O. The van der Waals surface area contributed by atoms with Crippen LogP contribution < -0.4 is 0 Å². The van der Waals surface area contributed by atoms with Crippen LogP contribution >= 0.6 is 11.6 Å². The Morgan fingerprint density at radius 2 is 2.36 bits per heavy atom. The van der Waals surface area contributed by atoms with Crippen LogP contribution in [0.25, 0.3) is 0 Å². The zero-order valence-corrected chi connectivity index (χ0v) is 9.33. The Hall–Kier alpha value is -0.300. The highest BCUT2D eigenvalue weighted by molar-refractivity contribution is 6.22. The van der Waals surface area contributed by atoms with E-state index in [4.69, 9.17) is 21.6 Å². The molecule has 0 heterocycles.